The van der Waals surface area contributed by atoms with Crippen molar-refractivity contribution in [1.82, 2.24) is 25.3 Å². The fourth-order valence-electron chi connectivity index (χ4n) is 5.14. The zero-order chi connectivity index (χ0) is 24.6. The molecular formula is C26H39N5O4. The van der Waals surface area contributed by atoms with E-state index in [1.54, 1.807) is 14.2 Å². The molecule has 2 aliphatic rings. The molecule has 2 aliphatic heterocycles. The van der Waals surface area contributed by atoms with Gasteiger partial charge in [0.2, 0.25) is 17.6 Å². The Bertz CT molecular complexity index is 965. The lowest BCUT2D eigenvalue weighted by Crippen LogP contribution is -2.43. The molecule has 1 aromatic carbocycles. The zero-order valence-corrected chi connectivity index (χ0v) is 21.3. The van der Waals surface area contributed by atoms with Gasteiger partial charge in [0, 0.05) is 31.2 Å². The Labute approximate surface area is 208 Å². The standard InChI is InChI=1S/C26H39N5O4/c1-19-8-4-5-14-31(19)15-7-12-27-26(32)21-9-6-13-30(17-21)18-24-28-25(29-35-24)20-10-11-22(33-2)23(16-20)34-3/h10-11,16,19,21H,4-9,12-15,17-18H2,1-3H3,(H,27,32)/t19-,21-/m1/s1. The summed E-state index contributed by atoms with van der Waals surface area (Å²) in [5.74, 6) is 2.50. The average Bonchev–Trinajstić information content (AvgIpc) is 3.35. The Balaban J connectivity index is 1.24. The summed E-state index contributed by atoms with van der Waals surface area (Å²) in [6, 6.07) is 6.21. The van der Waals surface area contributed by atoms with E-state index in [1.807, 2.05) is 18.2 Å². The van der Waals surface area contributed by atoms with E-state index in [4.69, 9.17) is 14.0 Å². The molecule has 0 unspecified atom stereocenters. The number of carbonyl (C=O) groups is 1. The molecule has 9 nitrogen and oxygen atoms in total. The highest BCUT2D eigenvalue weighted by Crippen LogP contribution is 2.31. The number of nitrogens with one attached hydrogen (secondary N) is 1. The summed E-state index contributed by atoms with van der Waals surface area (Å²) < 4.78 is 16.2. The second kappa shape index (κ2) is 12.4. The number of amides is 1. The van der Waals surface area contributed by atoms with Crippen LogP contribution in [0.25, 0.3) is 11.4 Å². The highest BCUT2D eigenvalue weighted by Gasteiger charge is 2.27. The lowest BCUT2D eigenvalue weighted by Gasteiger charge is -2.33. The van der Waals surface area contributed by atoms with Crippen LogP contribution in [0.3, 0.4) is 0 Å². The van der Waals surface area contributed by atoms with Crippen LogP contribution in [0.2, 0.25) is 0 Å². The van der Waals surface area contributed by atoms with Crippen molar-refractivity contribution in [3.63, 3.8) is 0 Å². The van der Waals surface area contributed by atoms with Crippen molar-refractivity contribution in [2.24, 2.45) is 5.92 Å². The third-order valence-corrected chi connectivity index (χ3v) is 7.21. The van der Waals surface area contributed by atoms with Gasteiger partial charge in [0.1, 0.15) is 0 Å². The van der Waals surface area contributed by atoms with Crippen LogP contribution >= 0.6 is 0 Å². The molecule has 1 amide bonds. The van der Waals surface area contributed by atoms with Crippen molar-refractivity contribution in [2.75, 3.05) is 46.9 Å². The molecule has 9 heteroatoms. The van der Waals surface area contributed by atoms with Gasteiger partial charge in [-0.1, -0.05) is 11.6 Å². The molecule has 1 N–H and O–H groups in total. The van der Waals surface area contributed by atoms with Crippen LogP contribution in [0.1, 0.15) is 51.3 Å². The maximum Gasteiger partial charge on any atom is 0.241 e. The van der Waals surface area contributed by atoms with Gasteiger partial charge in [0.15, 0.2) is 11.5 Å². The predicted molar refractivity (Wildman–Crippen MR) is 133 cm³/mol. The van der Waals surface area contributed by atoms with Crippen LogP contribution in [0, 0.1) is 5.92 Å². The fourth-order valence-corrected chi connectivity index (χ4v) is 5.14. The van der Waals surface area contributed by atoms with E-state index in [0.29, 0.717) is 42.3 Å². The lowest BCUT2D eigenvalue weighted by atomic mass is 9.97. The van der Waals surface area contributed by atoms with Crippen molar-refractivity contribution in [2.45, 2.75) is 58.0 Å². The highest BCUT2D eigenvalue weighted by molar-refractivity contribution is 5.78. The average molecular weight is 486 g/mol. The van der Waals surface area contributed by atoms with Gasteiger partial charge < -0.3 is 24.2 Å². The minimum Gasteiger partial charge on any atom is -0.493 e. The normalized spacial score (nSPS) is 21.6. The fraction of sp³-hybridized carbons (Fsp3) is 0.654. The third-order valence-electron chi connectivity index (χ3n) is 7.21. The summed E-state index contributed by atoms with van der Waals surface area (Å²) in [6.07, 6.45) is 6.85. The number of hydrogen-bond acceptors (Lipinski definition) is 8. The van der Waals surface area contributed by atoms with Crippen LogP contribution in [0.5, 0.6) is 11.5 Å². The highest BCUT2D eigenvalue weighted by atomic mass is 16.5. The Morgan fingerprint density at radius 3 is 2.80 bits per heavy atom. The topological polar surface area (TPSA) is 93.0 Å². The monoisotopic (exact) mass is 485 g/mol. The first-order valence-electron chi connectivity index (χ1n) is 12.9. The van der Waals surface area contributed by atoms with Crippen LogP contribution in [-0.4, -0.2) is 78.8 Å². The van der Waals surface area contributed by atoms with Gasteiger partial charge in [-0.2, -0.15) is 4.98 Å². The number of likely N-dealkylation sites (tertiary alicyclic amines) is 2. The Morgan fingerprint density at radius 2 is 2.00 bits per heavy atom. The molecule has 0 bridgehead atoms. The molecule has 2 aromatic rings. The van der Waals surface area contributed by atoms with Gasteiger partial charge in [-0.25, -0.2) is 0 Å². The molecule has 35 heavy (non-hydrogen) atoms. The quantitative estimate of drug-likeness (QED) is 0.512. The van der Waals surface area contributed by atoms with Crippen LogP contribution in [-0.2, 0) is 11.3 Å². The summed E-state index contributed by atoms with van der Waals surface area (Å²) in [7, 11) is 3.20. The molecular weight excluding hydrogens is 446 g/mol. The molecule has 0 aliphatic carbocycles. The number of hydrogen-bond donors (Lipinski definition) is 1. The van der Waals surface area contributed by atoms with Crippen molar-refractivity contribution < 1.29 is 18.8 Å². The van der Waals surface area contributed by atoms with Crippen LogP contribution in [0.15, 0.2) is 22.7 Å². The minimum atomic E-state index is 0.00546. The van der Waals surface area contributed by atoms with Crippen LogP contribution in [0.4, 0.5) is 0 Å². The van der Waals surface area contributed by atoms with E-state index in [2.05, 4.69) is 32.2 Å². The smallest absolute Gasteiger partial charge is 0.241 e. The Hall–Kier alpha value is -2.65. The second-order valence-corrected chi connectivity index (χ2v) is 9.68. The van der Waals surface area contributed by atoms with Crippen LogP contribution < -0.4 is 14.8 Å². The van der Waals surface area contributed by atoms with E-state index in [-0.39, 0.29) is 11.8 Å². The largest absolute Gasteiger partial charge is 0.493 e. The van der Waals surface area contributed by atoms with E-state index in [1.165, 1.54) is 25.8 Å². The molecule has 2 atom stereocenters. The van der Waals surface area contributed by atoms with Gasteiger partial charge in [-0.15, -0.1) is 0 Å². The SMILES string of the molecule is COc1ccc(-c2noc(CN3CCC[C@@H](C(=O)NCCCN4CCCC[C@H]4C)C3)n2)cc1OC. The Kier molecular flexibility index (Phi) is 8.98. The first-order valence-corrected chi connectivity index (χ1v) is 12.9. The van der Waals surface area contributed by atoms with E-state index < -0.39 is 0 Å². The number of nitrogens with zero attached hydrogens (tertiary/aromatic N) is 4. The molecule has 3 heterocycles. The van der Waals surface area contributed by atoms with E-state index in [0.717, 1.165) is 44.5 Å². The van der Waals surface area contributed by atoms with Crippen molar-refractivity contribution in [3.05, 3.63) is 24.1 Å². The van der Waals surface area contributed by atoms with Gasteiger partial charge in [-0.3, -0.25) is 9.69 Å². The number of rotatable bonds is 10. The summed E-state index contributed by atoms with van der Waals surface area (Å²) >= 11 is 0. The molecule has 0 radical (unpaired) electrons. The molecule has 0 saturated carbocycles. The van der Waals surface area contributed by atoms with Gasteiger partial charge in [-0.05, 0) is 70.3 Å². The number of benzene rings is 1. The number of carbonyl (C=O) groups excluding carboxylic acids is 1. The van der Waals surface area contributed by atoms with Crippen molar-refractivity contribution in [3.8, 4) is 22.9 Å². The van der Waals surface area contributed by atoms with E-state index >= 15 is 0 Å². The minimum absolute atomic E-state index is 0.00546. The first kappa shape index (κ1) is 25.4. The number of piperidine rings is 2. The third kappa shape index (κ3) is 6.73. The number of ether oxygens (including phenoxy) is 2. The Morgan fingerprint density at radius 1 is 1.14 bits per heavy atom. The first-order chi connectivity index (χ1) is 17.1. The van der Waals surface area contributed by atoms with Crippen molar-refractivity contribution >= 4 is 5.91 Å². The molecule has 2 saturated heterocycles. The maximum absolute atomic E-state index is 12.8. The summed E-state index contributed by atoms with van der Waals surface area (Å²) in [4.78, 5) is 22.1. The summed E-state index contributed by atoms with van der Waals surface area (Å²) in [5, 5.41) is 7.31. The van der Waals surface area contributed by atoms with E-state index in [9.17, 15) is 4.79 Å². The van der Waals surface area contributed by atoms with Gasteiger partial charge >= 0.3 is 0 Å². The molecule has 4 rings (SSSR count). The van der Waals surface area contributed by atoms with Gasteiger partial charge in [0.25, 0.3) is 0 Å². The predicted octanol–water partition coefficient (Wildman–Crippen LogP) is 3.35. The number of methoxy groups -OCH3 is 2. The number of aromatic nitrogens is 2. The maximum atomic E-state index is 12.8. The molecule has 192 valence electrons. The zero-order valence-electron chi connectivity index (χ0n) is 21.3. The molecule has 0 spiro atoms. The van der Waals surface area contributed by atoms with Crippen molar-refractivity contribution in [1.29, 1.82) is 0 Å². The summed E-state index contributed by atoms with van der Waals surface area (Å²) in [5.41, 5.74) is 0.799. The lowest BCUT2D eigenvalue weighted by molar-refractivity contribution is -0.126. The summed E-state index contributed by atoms with van der Waals surface area (Å²) in [6.45, 7) is 7.49. The molecule has 1 aromatic heterocycles. The second-order valence-electron chi connectivity index (χ2n) is 9.68. The van der Waals surface area contributed by atoms with Gasteiger partial charge in [0.05, 0.1) is 26.7 Å². The molecule has 2 fully saturated rings.